The number of amides is 2. The summed E-state index contributed by atoms with van der Waals surface area (Å²) in [6, 6.07) is 45.4. The number of anilines is 1. The maximum Gasteiger partial charge on any atom is 0.234 e. The third kappa shape index (κ3) is 8.31. The van der Waals surface area contributed by atoms with E-state index in [4.69, 9.17) is 4.98 Å². The number of fused-ring (bicyclic) bond motifs is 1. The second kappa shape index (κ2) is 16.0. The lowest BCUT2D eigenvalue weighted by Crippen LogP contribution is -2.30. The third-order valence-corrected chi connectivity index (χ3v) is 10.9. The quantitative estimate of drug-likeness (QED) is 0.116. The molecule has 0 unspecified atom stereocenters. The lowest BCUT2D eigenvalue weighted by molar-refractivity contribution is -0.119. The summed E-state index contributed by atoms with van der Waals surface area (Å²) in [6.07, 6.45) is 0. The Hall–Kier alpha value is -5.23. The standard InChI is InChI=1S/C39H32N6O2S3/c46-34(25-48-38-44-43-37(30-19-11-4-12-20-30)45(38)24-27-13-5-1-6-14-27)40-31-21-22-32-33(23-31)50-39(41-32)49-26-35(47)42-36(28-15-7-2-8-16-28)29-17-9-3-10-18-29/h1-23,36H,24-26H2,(H,40,46)(H,42,47). The van der Waals surface area contributed by atoms with Crippen molar-refractivity contribution in [1.82, 2.24) is 25.1 Å². The molecule has 2 amide bonds. The topological polar surface area (TPSA) is 102 Å². The van der Waals surface area contributed by atoms with Crippen molar-refractivity contribution in [3.63, 3.8) is 0 Å². The van der Waals surface area contributed by atoms with E-state index in [1.54, 1.807) is 0 Å². The van der Waals surface area contributed by atoms with Gasteiger partial charge < -0.3 is 10.6 Å². The van der Waals surface area contributed by atoms with E-state index in [-0.39, 0.29) is 29.4 Å². The maximum absolute atomic E-state index is 13.1. The number of hydrogen-bond donors (Lipinski definition) is 2. The summed E-state index contributed by atoms with van der Waals surface area (Å²) in [5, 5.41) is 15.8. The van der Waals surface area contributed by atoms with Gasteiger partial charge in [-0.1, -0.05) is 145 Å². The maximum atomic E-state index is 13.1. The highest BCUT2D eigenvalue weighted by atomic mass is 32.2. The van der Waals surface area contributed by atoms with Crippen molar-refractivity contribution in [2.75, 3.05) is 16.8 Å². The summed E-state index contributed by atoms with van der Waals surface area (Å²) in [6.45, 7) is 0.590. The monoisotopic (exact) mass is 712 g/mol. The summed E-state index contributed by atoms with van der Waals surface area (Å²) < 4.78 is 3.77. The average molecular weight is 713 g/mol. The average Bonchev–Trinajstić information content (AvgIpc) is 3.77. The van der Waals surface area contributed by atoms with Crippen molar-refractivity contribution in [3.05, 3.63) is 156 Å². The highest BCUT2D eigenvalue weighted by Gasteiger charge is 2.19. The van der Waals surface area contributed by atoms with Gasteiger partial charge in [-0.25, -0.2) is 4.98 Å². The number of nitrogens with one attached hydrogen (secondary N) is 2. The van der Waals surface area contributed by atoms with Gasteiger partial charge in [0.1, 0.15) is 0 Å². The highest BCUT2D eigenvalue weighted by Crippen LogP contribution is 2.32. The minimum Gasteiger partial charge on any atom is -0.344 e. The number of thiazole rings is 1. The first-order chi connectivity index (χ1) is 24.6. The van der Waals surface area contributed by atoms with Crippen molar-refractivity contribution in [3.8, 4) is 11.4 Å². The van der Waals surface area contributed by atoms with E-state index in [0.29, 0.717) is 17.4 Å². The molecule has 0 fully saturated rings. The number of carbonyl (C=O) groups excluding carboxylic acids is 2. The van der Waals surface area contributed by atoms with E-state index in [1.165, 1.54) is 34.9 Å². The minimum atomic E-state index is -0.240. The van der Waals surface area contributed by atoms with Crippen LogP contribution in [0.4, 0.5) is 5.69 Å². The fourth-order valence-corrected chi connectivity index (χ4v) is 8.11. The first-order valence-corrected chi connectivity index (χ1v) is 18.8. The molecule has 0 radical (unpaired) electrons. The summed E-state index contributed by atoms with van der Waals surface area (Å²) in [7, 11) is 0. The molecule has 50 heavy (non-hydrogen) atoms. The van der Waals surface area contributed by atoms with E-state index >= 15 is 0 Å². The number of aromatic nitrogens is 4. The Morgan fingerprint density at radius 1 is 0.700 bits per heavy atom. The molecular formula is C39H32N6O2S3. The number of carbonyl (C=O) groups is 2. The van der Waals surface area contributed by atoms with Gasteiger partial charge in [-0.3, -0.25) is 14.2 Å². The van der Waals surface area contributed by atoms with Crippen LogP contribution in [0.25, 0.3) is 21.6 Å². The molecule has 0 spiro atoms. The van der Waals surface area contributed by atoms with Crippen LogP contribution in [0.15, 0.2) is 149 Å². The highest BCUT2D eigenvalue weighted by molar-refractivity contribution is 8.01. The van der Waals surface area contributed by atoms with E-state index in [1.807, 2.05) is 127 Å². The number of nitrogens with zero attached hydrogens (tertiary/aromatic N) is 4. The molecule has 0 saturated carbocycles. The number of hydrogen-bond acceptors (Lipinski definition) is 8. The zero-order valence-corrected chi connectivity index (χ0v) is 29.3. The third-order valence-electron chi connectivity index (χ3n) is 7.82. The molecule has 2 aromatic heterocycles. The molecule has 11 heteroatoms. The van der Waals surface area contributed by atoms with Crippen LogP contribution in [0.5, 0.6) is 0 Å². The van der Waals surface area contributed by atoms with E-state index in [9.17, 15) is 9.59 Å². The predicted molar refractivity (Wildman–Crippen MR) is 204 cm³/mol. The van der Waals surface area contributed by atoms with Crippen LogP contribution >= 0.6 is 34.9 Å². The van der Waals surface area contributed by atoms with Gasteiger partial charge in [-0.2, -0.15) is 0 Å². The molecule has 7 rings (SSSR count). The lowest BCUT2D eigenvalue weighted by Gasteiger charge is -2.19. The van der Waals surface area contributed by atoms with E-state index < -0.39 is 0 Å². The Labute approximate surface area is 302 Å². The molecule has 0 aliphatic heterocycles. The largest absolute Gasteiger partial charge is 0.344 e. The molecule has 2 N–H and O–H groups in total. The van der Waals surface area contributed by atoms with Crippen molar-refractivity contribution < 1.29 is 9.59 Å². The van der Waals surface area contributed by atoms with Gasteiger partial charge in [0.2, 0.25) is 11.8 Å². The van der Waals surface area contributed by atoms with E-state index in [0.717, 1.165) is 42.6 Å². The fourth-order valence-electron chi connectivity index (χ4n) is 5.45. The molecule has 7 aromatic rings. The molecule has 0 aliphatic carbocycles. The zero-order valence-electron chi connectivity index (χ0n) is 26.8. The number of benzene rings is 5. The van der Waals surface area contributed by atoms with Gasteiger partial charge >= 0.3 is 0 Å². The van der Waals surface area contributed by atoms with Crippen LogP contribution in [0.2, 0.25) is 0 Å². The van der Waals surface area contributed by atoms with Crippen molar-refractivity contribution in [2.45, 2.75) is 22.1 Å². The Morgan fingerprint density at radius 3 is 2.00 bits per heavy atom. The van der Waals surface area contributed by atoms with Crippen LogP contribution in [0, 0.1) is 0 Å². The van der Waals surface area contributed by atoms with Crippen LogP contribution in [-0.2, 0) is 16.1 Å². The molecule has 2 heterocycles. The second-order valence-corrected chi connectivity index (χ2v) is 14.5. The smallest absolute Gasteiger partial charge is 0.234 e. The van der Waals surface area contributed by atoms with Crippen molar-refractivity contribution in [1.29, 1.82) is 0 Å². The molecule has 5 aromatic carbocycles. The van der Waals surface area contributed by atoms with Crippen LogP contribution < -0.4 is 10.6 Å². The fraction of sp³-hybridized carbons (Fsp3) is 0.103. The van der Waals surface area contributed by atoms with Gasteiger partial charge in [-0.05, 0) is 34.9 Å². The number of thioether (sulfide) groups is 2. The summed E-state index contributed by atoms with van der Waals surface area (Å²) >= 11 is 4.26. The Bertz CT molecular complexity index is 2150. The Balaban J connectivity index is 0.971. The molecule has 0 aliphatic rings. The van der Waals surface area contributed by atoms with Crippen LogP contribution in [0.1, 0.15) is 22.7 Å². The van der Waals surface area contributed by atoms with Gasteiger partial charge in [0.15, 0.2) is 15.3 Å². The summed E-state index contributed by atoms with van der Waals surface area (Å²) in [4.78, 5) is 30.9. The molecule has 248 valence electrons. The van der Waals surface area contributed by atoms with Gasteiger partial charge in [-0.15, -0.1) is 21.5 Å². The predicted octanol–water partition coefficient (Wildman–Crippen LogP) is 8.33. The van der Waals surface area contributed by atoms with Gasteiger partial charge in [0.05, 0.1) is 34.3 Å². The zero-order chi connectivity index (χ0) is 34.1. The van der Waals surface area contributed by atoms with Gasteiger partial charge in [0, 0.05) is 11.3 Å². The summed E-state index contributed by atoms with van der Waals surface area (Å²) in [5.41, 5.74) is 5.64. The molecular weight excluding hydrogens is 681 g/mol. The first-order valence-electron chi connectivity index (χ1n) is 16.0. The first kappa shape index (κ1) is 33.3. The molecule has 0 atom stereocenters. The normalized spacial score (nSPS) is 11.1. The molecule has 8 nitrogen and oxygen atoms in total. The van der Waals surface area contributed by atoms with Crippen molar-refractivity contribution in [2.24, 2.45) is 0 Å². The SMILES string of the molecule is O=C(CSc1nnc(-c2ccccc2)n1Cc1ccccc1)Nc1ccc2nc(SCC(=O)NC(c3ccccc3)c3ccccc3)sc2c1. The summed E-state index contributed by atoms with van der Waals surface area (Å²) in [5.74, 6) is 0.940. The molecule has 0 bridgehead atoms. The Morgan fingerprint density at radius 2 is 1.32 bits per heavy atom. The number of rotatable bonds is 13. The van der Waals surface area contributed by atoms with Crippen LogP contribution in [-0.4, -0.2) is 43.1 Å². The molecule has 0 saturated heterocycles. The minimum absolute atomic E-state index is 0.0760. The van der Waals surface area contributed by atoms with Gasteiger partial charge in [0.25, 0.3) is 0 Å². The second-order valence-electron chi connectivity index (χ2n) is 11.4. The van der Waals surface area contributed by atoms with E-state index in [2.05, 4.69) is 37.5 Å². The van der Waals surface area contributed by atoms with Crippen LogP contribution in [0.3, 0.4) is 0 Å². The van der Waals surface area contributed by atoms with Crippen molar-refractivity contribution >= 4 is 62.6 Å². The lowest BCUT2D eigenvalue weighted by atomic mass is 9.99. The Kier molecular flexibility index (Phi) is 10.6.